The molecule has 1 rings (SSSR count). The van der Waals surface area contributed by atoms with Gasteiger partial charge < -0.3 is 10.1 Å². The first-order valence-electron chi connectivity index (χ1n) is 7.21. The lowest BCUT2D eigenvalue weighted by atomic mass is 9.71. The van der Waals surface area contributed by atoms with Crippen LogP contribution in [0, 0.1) is 22.7 Å². The third-order valence-electron chi connectivity index (χ3n) is 3.64. The van der Waals surface area contributed by atoms with Crippen molar-refractivity contribution in [2.45, 2.75) is 65.5 Å². The summed E-state index contributed by atoms with van der Waals surface area (Å²) in [5.41, 5.74) is 0.376. The van der Waals surface area contributed by atoms with Crippen LogP contribution in [0.15, 0.2) is 0 Å². The summed E-state index contributed by atoms with van der Waals surface area (Å²) in [5.74, 6) is 0.725. The van der Waals surface area contributed by atoms with E-state index in [2.05, 4.69) is 39.1 Å². The Hall–Kier alpha value is -0.590. The summed E-state index contributed by atoms with van der Waals surface area (Å²) >= 11 is 0. The summed E-state index contributed by atoms with van der Waals surface area (Å²) in [6.07, 6.45) is 4.90. The molecule has 0 aromatic rings. The number of ether oxygens (including phenoxy) is 1. The van der Waals surface area contributed by atoms with Gasteiger partial charge in [0.2, 0.25) is 0 Å². The summed E-state index contributed by atoms with van der Waals surface area (Å²) in [6, 6.07) is 2.11. The highest BCUT2D eigenvalue weighted by molar-refractivity contribution is 4.90. The average Bonchev–Trinajstić information content (AvgIpc) is 2.26. The Kier molecular flexibility index (Phi) is 6.11. The number of nitriles is 1. The summed E-state index contributed by atoms with van der Waals surface area (Å²) in [6.45, 7) is 10.4. The van der Waals surface area contributed by atoms with Gasteiger partial charge in [-0.15, -0.1) is 0 Å². The minimum atomic E-state index is -0.162. The Labute approximate surface area is 112 Å². The first kappa shape index (κ1) is 15.5. The molecule has 0 bridgehead atoms. The van der Waals surface area contributed by atoms with Crippen molar-refractivity contribution in [3.63, 3.8) is 0 Å². The largest absolute Gasteiger partial charge is 0.375 e. The smallest absolute Gasteiger partial charge is 0.119 e. The second-order valence-corrected chi connectivity index (χ2v) is 6.50. The monoisotopic (exact) mass is 252 g/mol. The van der Waals surface area contributed by atoms with Crippen LogP contribution in [0.1, 0.15) is 53.4 Å². The van der Waals surface area contributed by atoms with E-state index in [0.29, 0.717) is 18.1 Å². The molecular formula is C15H28N2O. The zero-order valence-electron chi connectivity index (χ0n) is 12.3. The van der Waals surface area contributed by atoms with Crippen LogP contribution in [-0.4, -0.2) is 25.3 Å². The highest BCUT2D eigenvalue weighted by Gasteiger charge is 2.32. The van der Waals surface area contributed by atoms with E-state index in [1.54, 1.807) is 0 Å². The minimum Gasteiger partial charge on any atom is -0.375 e. The Bertz CT molecular complexity index is 283. The number of rotatable bonds is 6. The Morgan fingerprint density at radius 1 is 1.44 bits per heavy atom. The van der Waals surface area contributed by atoms with Crippen LogP contribution in [0.25, 0.3) is 0 Å². The maximum Gasteiger partial charge on any atom is 0.119 e. The predicted octanol–water partition coefficient (Wildman–Crippen LogP) is 3.11. The topological polar surface area (TPSA) is 45.0 Å². The summed E-state index contributed by atoms with van der Waals surface area (Å²) in [4.78, 5) is 0. The maximum atomic E-state index is 9.04. The summed E-state index contributed by atoms with van der Waals surface area (Å²) in [5, 5.41) is 12.2. The SMILES string of the molecule is CCCNC(C#N)COC1CC(C)CC(C)(C)C1. The average molecular weight is 252 g/mol. The van der Waals surface area contributed by atoms with Crippen LogP contribution < -0.4 is 5.32 Å². The van der Waals surface area contributed by atoms with Gasteiger partial charge in [-0.3, -0.25) is 0 Å². The van der Waals surface area contributed by atoms with Crippen molar-refractivity contribution in [3.05, 3.63) is 0 Å². The molecule has 3 heteroatoms. The molecule has 0 radical (unpaired) electrons. The molecule has 0 aromatic carbocycles. The van der Waals surface area contributed by atoms with Gasteiger partial charge in [0.05, 0.1) is 18.8 Å². The molecule has 0 amide bonds. The zero-order chi connectivity index (χ0) is 13.6. The van der Waals surface area contributed by atoms with Gasteiger partial charge in [-0.25, -0.2) is 0 Å². The quantitative estimate of drug-likeness (QED) is 0.790. The van der Waals surface area contributed by atoms with Gasteiger partial charge in [0.1, 0.15) is 6.04 Å². The van der Waals surface area contributed by atoms with Gasteiger partial charge in [0.25, 0.3) is 0 Å². The highest BCUT2D eigenvalue weighted by Crippen LogP contribution is 2.39. The zero-order valence-corrected chi connectivity index (χ0v) is 12.3. The second-order valence-electron chi connectivity index (χ2n) is 6.50. The van der Waals surface area contributed by atoms with E-state index in [9.17, 15) is 0 Å². The van der Waals surface area contributed by atoms with Crippen LogP contribution in [0.5, 0.6) is 0 Å². The Balaban J connectivity index is 2.35. The molecule has 1 N–H and O–H groups in total. The number of nitrogens with zero attached hydrogens (tertiary/aromatic N) is 1. The molecule has 104 valence electrons. The molecule has 18 heavy (non-hydrogen) atoms. The van der Waals surface area contributed by atoms with E-state index in [4.69, 9.17) is 10.00 Å². The summed E-state index contributed by atoms with van der Waals surface area (Å²) in [7, 11) is 0. The maximum absolute atomic E-state index is 9.04. The van der Waals surface area contributed by atoms with Crippen LogP contribution in [-0.2, 0) is 4.74 Å². The molecular weight excluding hydrogens is 224 g/mol. The first-order chi connectivity index (χ1) is 8.46. The van der Waals surface area contributed by atoms with Crippen molar-refractivity contribution >= 4 is 0 Å². The lowest BCUT2D eigenvalue weighted by Gasteiger charge is -2.39. The minimum absolute atomic E-state index is 0.162. The van der Waals surface area contributed by atoms with Crippen molar-refractivity contribution in [3.8, 4) is 6.07 Å². The van der Waals surface area contributed by atoms with Crippen molar-refractivity contribution in [2.24, 2.45) is 11.3 Å². The summed E-state index contributed by atoms with van der Waals surface area (Å²) < 4.78 is 5.95. The van der Waals surface area contributed by atoms with Gasteiger partial charge >= 0.3 is 0 Å². The van der Waals surface area contributed by atoms with E-state index in [1.807, 2.05) is 0 Å². The van der Waals surface area contributed by atoms with Crippen LogP contribution >= 0.6 is 0 Å². The fraction of sp³-hybridized carbons (Fsp3) is 0.933. The molecule has 0 aliphatic heterocycles. The molecule has 0 spiro atoms. The van der Waals surface area contributed by atoms with E-state index in [0.717, 1.165) is 31.7 Å². The van der Waals surface area contributed by atoms with E-state index in [-0.39, 0.29) is 6.04 Å². The van der Waals surface area contributed by atoms with Crippen LogP contribution in [0.2, 0.25) is 0 Å². The number of hydrogen-bond acceptors (Lipinski definition) is 3. The molecule has 1 saturated carbocycles. The highest BCUT2D eigenvalue weighted by atomic mass is 16.5. The number of nitrogens with one attached hydrogen (secondary N) is 1. The molecule has 0 aromatic heterocycles. The normalized spacial score (nSPS) is 28.6. The lowest BCUT2D eigenvalue weighted by molar-refractivity contribution is -0.0262. The second kappa shape index (κ2) is 7.11. The van der Waals surface area contributed by atoms with Gasteiger partial charge in [-0.1, -0.05) is 27.7 Å². The molecule has 0 heterocycles. The van der Waals surface area contributed by atoms with Crippen molar-refractivity contribution in [1.82, 2.24) is 5.32 Å². The Morgan fingerprint density at radius 2 is 2.17 bits per heavy atom. The first-order valence-corrected chi connectivity index (χ1v) is 7.21. The molecule has 0 saturated heterocycles. The molecule has 1 aliphatic carbocycles. The lowest BCUT2D eigenvalue weighted by Crippen LogP contribution is -2.38. The van der Waals surface area contributed by atoms with Crippen LogP contribution in [0.4, 0.5) is 0 Å². The standard InChI is InChI=1S/C15H28N2O/c1-5-6-17-13(10-16)11-18-14-7-12(2)8-15(3,4)9-14/h12-14,17H,5-9,11H2,1-4H3. The van der Waals surface area contributed by atoms with Crippen molar-refractivity contribution in [1.29, 1.82) is 5.26 Å². The van der Waals surface area contributed by atoms with Gasteiger partial charge in [-0.05, 0) is 43.6 Å². The predicted molar refractivity (Wildman–Crippen MR) is 74.2 cm³/mol. The van der Waals surface area contributed by atoms with E-state index < -0.39 is 0 Å². The van der Waals surface area contributed by atoms with Gasteiger partial charge in [0, 0.05) is 0 Å². The Morgan fingerprint density at radius 3 is 2.72 bits per heavy atom. The fourth-order valence-corrected chi connectivity index (χ4v) is 3.08. The fourth-order valence-electron chi connectivity index (χ4n) is 3.08. The van der Waals surface area contributed by atoms with Crippen LogP contribution in [0.3, 0.4) is 0 Å². The number of hydrogen-bond donors (Lipinski definition) is 1. The molecule has 3 atom stereocenters. The third-order valence-corrected chi connectivity index (χ3v) is 3.64. The van der Waals surface area contributed by atoms with E-state index in [1.165, 1.54) is 6.42 Å². The third kappa shape index (κ3) is 5.37. The molecule has 1 fully saturated rings. The van der Waals surface area contributed by atoms with Gasteiger partial charge in [-0.2, -0.15) is 5.26 Å². The van der Waals surface area contributed by atoms with E-state index >= 15 is 0 Å². The van der Waals surface area contributed by atoms with Gasteiger partial charge in [0.15, 0.2) is 0 Å². The molecule has 1 aliphatic rings. The molecule has 3 nitrogen and oxygen atoms in total. The van der Waals surface area contributed by atoms with Crippen molar-refractivity contribution in [2.75, 3.05) is 13.2 Å². The van der Waals surface area contributed by atoms with Crippen molar-refractivity contribution < 1.29 is 4.74 Å². The molecule has 3 unspecified atom stereocenters.